The van der Waals surface area contributed by atoms with Crippen LogP contribution in [0.25, 0.3) is 0 Å². The van der Waals surface area contributed by atoms with E-state index in [0.29, 0.717) is 12.5 Å². The van der Waals surface area contributed by atoms with E-state index in [1.807, 2.05) is 54.6 Å². The van der Waals surface area contributed by atoms with Gasteiger partial charge in [0.05, 0.1) is 6.54 Å². The molecule has 1 fully saturated rings. The van der Waals surface area contributed by atoms with E-state index in [1.165, 1.54) is 5.56 Å². The lowest BCUT2D eigenvalue weighted by atomic mass is 9.90. The molecule has 1 aliphatic rings. The lowest BCUT2D eigenvalue weighted by molar-refractivity contribution is -0.117. The molecule has 30 heavy (non-hydrogen) atoms. The Bertz CT molecular complexity index is 918. The van der Waals surface area contributed by atoms with Crippen molar-refractivity contribution in [2.24, 2.45) is 5.92 Å². The van der Waals surface area contributed by atoms with Crippen LogP contribution in [-0.2, 0) is 11.2 Å². The van der Waals surface area contributed by atoms with Gasteiger partial charge in [0.25, 0.3) is 0 Å². The van der Waals surface area contributed by atoms with E-state index in [-0.39, 0.29) is 5.91 Å². The quantitative estimate of drug-likeness (QED) is 0.579. The van der Waals surface area contributed by atoms with Crippen LogP contribution in [0.4, 0.5) is 5.69 Å². The highest BCUT2D eigenvalue weighted by Gasteiger charge is 2.21. The fourth-order valence-electron chi connectivity index (χ4n) is 3.93. The Morgan fingerprint density at radius 2 is 1.43 bits per heavy atom. The third kappa shape index (κ3) is 5.94. The van der Waals surface area contributed by atoms with Crippen LogP contribution in [0.5, 0.6) is 11.5 Å². The van der Waals surface area contributed by atoms with Gasteiger partial charge in [-0.3, -0.25) is 9.69 Å². The van der Waals surface area contributed by atoms with Crippen LogP contribution in [0, 0.1) is 5.92 Å². The van der Waals surface area contributed by atoms with Crippen LogP contribution in [0.3, 0.4) is 0 Å². The molecule has 3 aromatic carbocycles. The highest BCUT2D eigenvalue weighted by molar-refractivity contribution is 5.92. The number of nitrogens with one attached hydrogen (secondary N) is 1. The summed E-state index contributed by atoms with van der Waals surface area (Å²) in [6, 6.07) is 27.8. The van der Waals surface area contributed by atoms with Crippen molar-refractivity contribution in [2.75, 3.05) is 25.0 Å². The van der Waals surface area contributed by atoms with Gasteiger partial charge in [0.15, 0.2) is 0 Å². The summed E-state index contributed by atoms with van der Waals surface area (Å²) in [5.74, 6) is 2.29. The second-order valence-electron chi connectivity index (χ2n) is 7.90. The summed E-state index contributed by atoms with van der Waals surface area (Å²) in [4.78, 5) is 14.7. The molecule has 3 aromatic rings. The van der Waals surface area contributed by atoms with Gasteiger partial charge in [-0.15, -0.1) is 0 Å². The maximum Gasteiger partial charge on any atom is 0.238 e. The van der Waals surface area contributed by atoms with Crippen molar-refractivity contribution >= 4 is 11.6 Å². The number of nitrogens with zero attached hydrogens (tertiary/aromatic N) is 1. The summed E-state index contributed by atoms with van der Waals surface area (Å²) in [7, 11) is 0. The lowest BCUT2D eigenvalue weighted by Gasteiger charge is -2.31. The number of rotatable bonds is 7. The van der Waals surface area contributed by atoms with Gasteiger partial charge in [0.1, 0.15) is 11.5 Å². The molecule has 4 rings (SSSR count). The first kappa shape index (κ1) is 20.2. The molecule has 0 aromatic heterocycles. The highest BCUT2D eigenvalue weighted by Crippen LogP contribution is 2.23. The minimum atomic E-state index is 0.0354. The van der Waals surface area contributed by atoms with Crippen molar-refractivity contribution in [3.05, 3.63) is 90.5 Å². The van der Waals surface area contributed by atoms with Gasteiger partial charge in [0, 0.05) is 5.69 Å². The van der Waals surface area contributed by atoms with Crippen LogP contribution in [-0.4, -0.2) is 30.4 Å². The average Bonchev–Trinajstić information content (AvgIpc) is 2.78. The number of likely N-dealkylation sites (tertiary alicyclic amines) is 1. The molecule has 0 spiro atoms. The summed E-state index contributed by atoms with van der Waals surface area (Å²) < 4.78 is 5.79. The topological polar surface area (TPSA) is 41.6 Å². The van der Waals surface area contributed by atoms with E-state index in [9.17, 15) is 4.79 Å². The molecule has 0 unspecified atom stereocenters. The number of amides is 1. The molecule has 0 aliphatic carbocycles. The Labute approximate surface area is 178 Å². The number of carbonyl (C=O) groups excluding carboxylic acids is 1. The number of hydrogen-bond acceptors (Lipinski definition) is 3. The van der Waals surface area contributed by atoms with E-state index in [1.54, 1.807) is 0 Å². The molecule has 0 bridgehead atoms. The Morgan fingerprint density at radius 3 is 2.10 bits per heavy atom. The number of piperidine rings is 1. The maximum absolute atomic E-state index is 12.4. The fraction of sp³-hybridized carbons (Fsp3) is 0.269. The van der Waals surface area contributed by atoms with Crippen molar-refractivity contribution in [1.82, 2.24) is 4.90 Å². The number of benzene rings is 3. The monoisotopic (exact) mass is 400 g/mol. The largest absolute Gasteiger partial charge is 0.457 e. The number of hydrogen-bond donors (Lipinski definition) is 1. The molecule has 1 N–H and O–H groups in total. The first-order valence-corrected chi connectivity index (χ1v) is 10.6. The number of ether oxygens (including phenoxy) is 1. The first-order chi connectivity index (χ1) is 14.7. The SMILES string of the molecule is O=C(CN1CCC(Cc2ccccc2)CC1)Nc1ccc(Oc2ccccc2)cc1. The zero-order valence-corrected chi connectivity index (χ0v) is 17.2. The summed E-state index contributed by atoms with van der Waals surface area (Å²) in [5.41, 5.74) is 2.20. The predicted molar refractivity (Wildman–Crippen MR) is 121 cm³/mol. The number of para-hydroxylation sites is 1. The van der Waals surface area contributed by atoms with E-state index in [2.05, 4.69) is 40.5 Å². The van der Waals surface area contributed by atoms with E-state index < -0.39 is 0 Å². The van der Waals surface area contributed by atoms with Gasteiger partial charge >= 0.3 is 0 Å². The molecule has 1 heterocycles. The van der Waals surface area contributed by atoms with Crippen LogP contribution >= 0.6 is 0 Å². The Kier molecular flexibility index (Phi) is 6.78. The van der Waals surface area contributed by atoms with Gasteiger partial charge in [-0.05, 0) is 80.2 Å². The summed E-state index contributed by atoms with van der Waals surface area (Å²) in [5, 5.41) is 3.00. The first-order valence-electron chi connectivity index (χ1n) is 10.6. The smallest absolute Gasteiger partial charge is 0.238 e. The number of anilines is 1. The van der Waals surface area contributed by atoms with Crippen LogP contribution in [0.1, 0.15) is 18.4 Å². The summed E-state index contributed by atoms with van der Waals surface area (Å²) in [6.45, 7) is 2.41. The predicted octanol–water partition coefficient (Wildman–Crippen LogP) is 5.37. The van der Waals surface area contributed by atoms with Crippen molar-refractivity contribution in [3.8, 4) is 11.5 Å². The Morgan fingerprint density at radius 1 is 0.833 bits per heavy atom. The number of carbonyl (C=O) groups is 1. The van der Waals surface area contributed by atoms with Gasteiger partial charge in [-0.25, -0.2) is 0 Å². The molecule has 0 atom stereocenters. The molecule has 0 saturated carbocycles. The van der Waals surface area contributed by atoms with Gasteiger partial charge in [-0.1, -0.05) is 48.5 Å². The Hall–Kier alpha value is -3.11. The van der Waals surface area contributed by atoms with Gasteiger partial charge < -0.3 is 10.1 Å². The van der Waals surface area contributed by atoms with Crippen LogP contribution < -0.4 is 10.1 Å². The summed E-state index contributed by atoms with van der Waals surface area (Å²) in [6.07, 6.45) is 3.43. The van der Waals surface area contributed by atoms with E-state index in [4.69, 9.17) is 4.74 Å². The lowest BCUT2D eigenvalue weighted by Crippen LogP contribution is -2.39. The van der Waals surface area contributed by atoms with Crippen LogP contribution in [0.15, 0.2) is 84.9 Å². The molecule has 0 radical (unpaired) electrons. The fourth-order valence-corrected chi connectivity index (χ4v) is 3.93. The molecule has 4 nitrogen and oxygen atoms in total. The third-order valence-electron chi connectivity index (χ3n) is 5.56. The van der Waals surface area contributed by atoms with Crippen molar-refractivity contribution in [3.63, 3.8) is 0 Å². The highest BCUT2D eigenvalue weighted by atomic mass is 16.5. The molecule has 1 aliphatic heterocycles. The van der Waals surface area contributed by atoms with Crippen molar-refractivity contribution in [1.29, 1.82) is 0 Å². The van der Waals surface area contributed by atoms with Crippen molar-refractivity contribution < 1.29 is 9.53 Å². The normalized spacial score (nSPS) is 14.9. The second-order valence-corrected chi connectivity index (χ2v) is 7.90. The zero-order chi connectivity index (χ0) is 20.6. The minimum Gasteiger partial charge on any atom is -0.457 e. The minimum absolute atomic E-state index is 0.0354. The van der Waals surface area contributed by atoms with Gasteiger partial charge in [-0.2, -0.15) is 0 Å². The van der Waals surface area contributed by atoms with Crippen molar-refractivity contribution in [2.45, 2.75) is 19.3 Å². The van der Waals surface area contributed by atoms with Crippen LogP contribution in [0.2, 0.25) is 0 Å². The average molecular weight is 401 g/mol. The van der Waals surface area contributed by atoms with E-state index >= 15 is 0 Å². The molecule has 1 amide bonds. The Balaban J connectivity index is 1.20. The molecule has 4 heteroatoms. The van der Waals surface area contributed by atoms with Gasteiger partial charge in [0.2, 0.25) is 5.91 Å². The standard InChI is InChI=1S/C26H28N2O2/c29-26(20-28-17-15-22(16-18-28)19-21-7-3-1-4-8-21)27-23-11-13-25(14-12-23)30-24-9-5-2-6-10-24/h1-14,22H,15-20H2,(H,27,29). The molecular formula is C26H28N2O2. The van der Waals surface area contributed by atoms with E-state index in [0.717, 1.165) is 49.5 Å². The molecule has 1 saturated heterocycles. The third-order valence-corrected chi connectivity index (χ3v) is 5.56. The maximum atomic E-state index is 12.4. The zero-order valence-electron chi connectivity index (χ0n) is 17.2. The second kappa shape index (κ2) is 10.1. The molecule has 154 valence electrons. The summed E-state index contributed by atoms with van der Waals surface area (Å²) >= 11 is 0. The molecular weight excluding hydrogens is 372 g/mol.